The van der Waals surface area contributed by atoms with Crippen LogP contribution in [-0.4, -0.2) is 47.6 Å². The number of ether oxygens (including phenoxy) is 2. The van der Waals surface area contributed by atoms with Crippen LogP contribution in [0.4, 0.5) is 4.39 Å². The average molecular weight is 437 g/mol. The topological polar surface area (TPSA) is 76.1 Å². The van der Waals surface area contributed by atoms with E-state index in [-0.39, 0.29) is 24.0 Å². The third kappa shape index (κ3) is 4.29. The first kappa shape index (κ1) is 21.8. The second-order valence-corrected chi connectivity index (χ2v) is 7.77. The van der Waals surface area contributed by atoms with Crippen LogP contribution in [0.15, 0.2) is 66.8 Å². The molecular weight excluding hydrogens is 413 g/mol. The molecule has 0 aromatic heterocycles. The molecule has 0 saturated carbocycles. The molecule has 2 fully saturated rings. The fourth-order valence-electron chi connectivity index (χ4n) is 4.12. The second-order valence-electron chi connectivity index (χ2n) is 7.77. The van der Waals surface area contributed by atoms with Gasteiger partial charge in [-0.05, 0) is 54.8 Å². The van der Waals surface area contributed by atoms with Gasteiger partial charge in [0.15, 0.2) is 0 Å². The number of Topliss-reactive ketones (excluding diaryl/α,β-unsaturated/α-hetero) is 1. The van der Waals surface area contributed by atoms with Crippen LogP contribution in [0.2, 0.25) is 0 Å². The van der Waals surface area contributed by atoms with Gasteiger partial charge in [-0.3, -0.25) is 9.59 Å². The zero-order valence-electron chi connectivity index (χ0n) is 17.5. The third-order valence-corrected chi connectivity index (χ3v) is 5.62. The Kier molecular flexibility index (Phi) is 6.37. The molecule has 32 heavy (non-hydrogen) atoms. The summed E-state index contributed by atoms with van der Waals surface area (Å²) in [6.45, 7) is 4.71. The van der Waals surface area contributed by atoms with Gasteiger partial charge in [0, 0.05) is 18.7 Å². The van der Waals surface area contributed by atoms with E-state index >= 15 is 0 Å². The Balaban J connectivity index is 1.75. The number of hydrogen-bond acceptors (Lipinski definition) is 5. The summed E-state index contributed by atoms with van der Waals surface area (Å²) in [5, 5.41) is 11.1. The van der Waals surface area contributed by atoms with E-state index in [4.69, 9.17) is 9.47 Å². The monoisotopic (exact) mass is 437 g/mol. The molecule has 2 aliphatic heterocycles. The van der Waals surface area contributed by atoms with Gasteiger partial charge < -0.3 is 19.5 Å². The summed E-state index contributed by atoms with van der Waals surface area (Å²) in [6.07, 6.45) is 3.05. The van der Waals surface area contributed by atoms with Crippen LogP contribution in [0.3, 0.4) is 0 Å². The predicted molar refractivity (Wildman–Crippen MR) is 117 cm³/mol. The van der Waals surface area contributed by atoms with Crippen molar-refractivity contribution in [1.29, 1.82) is 0 Å². The van der Waals surface area contributed by atoms with Gasteiger partial charge in [0.2, 0.25) is 0 Å². The van der Waals surface area contributed by atoms with E-state index < -0.39 is 23.5 Å². The Morgan fingerprint density at radius 1 is 1.25 bits per heavy atom. The van der Waals surface area contributed by atoms with Crippen LogP contribution >= 0.6 is 0 Å². The minimum atomic E-state index is -0.911. The Bertz CT molecular complexity index is 1060. The number of carbonyl (C=O) groups excluding carboxylic acids is 2. The second kappa shape index (κ2) is 9.36. The van der Waals surface area contributed by atoms with Gasteiger partial charge >= 0.3 is 0 Å². The maximum atomic E-state index is 14.0. The molecule has 2 aromatic rings. The summed E-state index contributed by atoms with van der Waals surface area (Å²) in [4.78, 5) is 27.3. The van der Waals surface area contributed by atoms with Crippen molar-refractivity contribution in [2.75, 3.05) is 19.8 Å². The maximum Gasteiger partial charge on any atom is 0.295 e. The molecule has 2 aliphatic rings. The quantitative estimate of drug-likeness (QED) is 0.307. The third-order valence-electron chi connectivity index (χ3n) is 5.62. The Labute approximate surface area is 185 Å². The molecule has 166 valence electrons. The Hall–Kier alpha value is -3.45. The summed E-state index contributed by atoms with van der Waals surface area (Å²) < 4.78 is 25.1. The highest BCUT2D eigenvalue weighted by molar-refractivity contribution is 6.46. The minimum absolute atomic E-state index is 0.0710. The fourth-order valence-corrected chi connectivity index (χ4v) is 4.12. The van der Waals surface area contributed by atoms with E-state index in [1.165, 1.54) is 23.1 Å². The van der Waals surface area contributed by atoms with Crippen LogP contribution in [0.25, 0.3) is 5.76 Å². The molecule has 2 heterocycles. The number of carbonyl (C=O) groups is 2. The lowest BCUT2D eigenvalue weighted by molar-refractivity contribution is -0.140. The van der Waals surface area contributed by atoms with Crippen molar-refractivity contribution < 1.29 is 28.6 Å². The van der Waals surface area contributed by atoms with Crippen molar-refractivity contribution >= 4 is 17.4 Å². The normalized spacial score (nSPS) is 22.3. The molecule has 1 N–H and O–H groups in total. The molecule has 1 amide bonds. The average Bonchev–Trinajstić information content (AvgIpc) is 3.40. The van der Waals surface area contributed by atoms with Crippen molar-refractivity contribution in [3.63, 3.8) is 0 Å². The van der Waals surface area contributed by atoms with Crippen LogP contribution < -0.4 is 4.74 Å². The number of hydrogen-bond donors (Lipinski definition) is 1. The number of aliphatic hydroxyl groups excluding tert-OH is 1. The van der Waals surface area contributed by atoms with Crippen molar-refractivity contribution in [3.05, 3.63) is 83.7 Å². The van der Waals surface area contributed by atoms with Gasteiger partial charge in [-0.2, -0.15) is 0 Å². The smallest absolute Gasteiger partial charge is 0.295 e. The zero-order valence-corrected chi connectivity index (χ0v) is 17.5. The summed E-state index contributed by atoms with van der Waals surface area (Å²) in [7, 11) is 0. The predicted octanol–water partition coefficient (Wildman–Crippen LogP) is 3.99. The first-order valence-electron chi connectivity index (χ1n) is 10.5. The molecule has 4 rings (SSSR count). The lowest BCUT2D eigenvalue weighted by Gasteiger charge is -2.27. The van der Waals surface area contributed by atoms with Crippen molar-refractivity contribution in [1.82, 2.24) is 4.90 Å². The molecular formula is C25H24FNO5. The number of benzene rings is 2. The molecule has 0 radical (unpaired) electrons. The minimum Gasteiger partial charge on any atom is -0.507 e. The Morgan fingerprint density at radius 2 is 2.03 bits per heavy atom. The number of rotatable bonds is 7. The van der Waals surface area contributed by atoms with Gasteiger partial charge in [-0.15, -0.1) is 0 Å². The molecule has 7 heteroatoms. The molecule has 2 aromatic carbocycles. The van der Waals surface area contributed by atoms with Crippen LogP contribution in [0, 0.1) is 5.82 Å². The summed E-state index contributed by atoms with van der Waals surface area (Å²) >= 11 is 0. The van der Waals surface area contributed by atoms with Gasteiger partial charge in [-0.25, -0.2) is 4.39 Å². The number of ketones is 1. The van der Waals surface area contributed by atoms with Crippen molar-refractivity contribution in [2.24, 2.45) is 0 Å². The van der Waals surface area contributed by atoms with Crippen LogP contribution in [0.5, 0.6) is 5.75 Å². The van der Waals surface area contributed by atoms with Gasteiger partial charge in [0.1, 0.15) is 23.9 Å². The van der Waals surface area contributed by atoms with E-state index in [0.29, 0.717) is 30.1 Å². The molecule has 0 bridgehead atoms. The molecule has 2 saturated heterocycles. The van der Waals surface area contributed by atoms with E-state index in [2.05, 4.69) is 6.58 Å². The summed E-state index contributed by atoms with van der Waals surface area (Å²) in [5.74, 6) is -1.78. The largest absolute Gasteiger partial charge is 0.507 e. The van der Waals surface area contributed by atoms with Gasteiger partial charge in [-0.1, -0.05) is 24.8 Å². The van der Waals surface area contributed by atoms with E-state index in [1.54, 1.807) is 36.4 Å². The van der Waals surface area contributed by atoms with Gasteiger partial charge in [0.05, 0.1) is 17.7 Å². The lowest BCUT2D eigenvalue weighted by atomic mass is 9.95. The van der Waals surface area contributed by atoms with Gasteiger partial charge in [0.25, 0.3) is 11.7 Å². The molecule has 0 spiro atoms. The number of halogens is 1. The standard InChI is InChI=1S/C25H24FNO5/c1-2-12-31-19-10-8-16(9-11-19)23(28)21-22(17-5-3-6-18(26)14-17)27(25(30)24(21)29)15-20-7-4-13-32-20/h2-3,5-6,8-11,14,20,22,28H,1,4,7,12-13,15H2/t20-,22-/m1/s1. The SMILES string of the molecule is C=CCOc1ccc(C(O)=C2C(=O)C(=O)N(C[C@H]3CCCO3)[C@@H]2c2cccc(F)c2)cc1. The summed E-state index contributed by atoms with van der Waals surface area (Å²) in [6, 6.07) is 11.3. The summed E-state index contributed by atoms with van der Waals surface area (Å²) in [5.41, 5.74) is 0.695. The Morgan fingerprint density at radius 3 is 2.69 bits per heavy atom. The van der Waals surface area contributed by atoms with Crippen LogP contribution in [-0.2, 0) is 14.3 Å². The zero-order chi connectivity index (χ0) is 22.7. The molecule has 2 atom stereocenters. The highest BCUT2D eigenvalue weighted by Crippen LogP contribution is 2.40. The maximum absolute atomic E-state index is 14.0. The highest BCUT2D eigenvalue weighted by Gasteiger charge is 2.47. The van der Waals surface area contributed by atoms with Crippen molar-refractivity contribution in [3.8, 4) is 5.75 Å². The van der Waals surface area contributed by atoms with E-state index in [9.17, 15) is 19.1 Å². The van der Waals surface area contributed by atoms with E-state index in [0.717, 1.165) is 12.8 Å². The molecule has 6 nitrogen and oxygen atoms in total. The fraction of sp³-hybridized carbons (Fsp3) is 0.280. The number of nitrogens with zero attached hydrogens (tertiary/aromatic N) is 1. The number of aliphatic hydroxyl groups is 1. The molecule has 0 unspecified atom stereocenters. The number of likely N-dealkylation sites (tertiary alicyclic amines) is 1. The first-order chi connectivity index (χ1) is 15.5. The first-order valence-corrected chi connectivity index (χ1v) is 10.5. The van der Waals surface area contributed by atoms with E-state index in [1.807, 2.05) is 0 Å². The lowest BCUT2D eigenvalue weighted by Crippen LogP contribution is -2.36. The van der Waals surface area contributed by atoms with Crippen molar-refractivity contribution in [2.45, 2.75) is 25.0 Å². The number of amides is 1. The van der Waals surface area contributed by atoms with Crippen LogP contribution in [0.1, 0.15) is 30.0 Å². The molecule has 0 aliphatic carbocycles. The highest BCUT2D eigenvalue weighted by atomic mass is 19.1.